The minimum absolute atomic E-state index is 0.178. The van der Waals surface area contributed by atoms with Gasteiger partial charge in [0.25, 0.3) is 0 Å². The highest BCUT2D eigenvalue weighted by atomic mass is 32.1. The number of fused-ring (bicyclic) bond motifs is 1. The minimum Gasteiger partial charge on any atom is -0.422 e. The van der Waals surface area contributed by atoms with Crippen LogP contribution in [0.5, 0.6) is 5.75 Å². The Labute approximate surface area is 220 Å². The van der Waals surface area contributed by atoms with Crippen LogP contribution < -0.4 is 15.5 Å². The zero-order valence-electron chi connectivity index (χ0n) is 19.7. The summed E-state index contributed by atoms with van der Waals surface area (Å²) >= 11 is 1.14. The van der Waals surface area contributed by atoms with Crippen molar-refractivity contribution in [3.63, 3.8) is 0 Å². The van der Waals surface area contributed by atoms with E-state index in [1.54, 1.807) is 36.4 Å². The third-order valence-electron chi connectivity index (χ3n) is 5.38. The molecule has 1 heterocycles. The van der Waals surface area contributed by atoms with Gasteiger partial charge in [-0.15, -0.1) is 10.2 Å². The van der Waals surface area contributed by atoms with Gasteiger partial charge in [-0.25, -0.2) is 10.2 Å². The first-order valence-electron chi connectivity index (χ1n) is 11.4. The first kappa shape index (κ1) is 24.5. The average Bonchev–Trinajstić information content (AvgIpc) is 3.43. The van der Waals surface area contributed by atoms with Gasteiger partial charge in [-0.3, -0.25) is 14.9 Å². The van der Waals surface area contributed by atoms with Crippen molar-refractivity contribution in [1.82, 2.24) is 15.6 Å². The number of carbonyl (C=O) groups is 3. The highest BCUT2D eigenvalue weighted by Crippen LogP contribution is 2.28. The van der Waals surface area contributed by atoms with Crippen LogP contribution in [0.3, 0.4) is 0 Å². The van der Waals surface area contributed by atoms with E-state index in [9.17, 15) is 14.4 Å². The molecule has 0 spiro atoms. The van der Waals surface area contributed by atoms with Gasteiger partial charge in [-0.2, -0.15) is 5.10 Å². The summed E-state index contributed by atoms with van der Waals surface area (Å²) in [7, 11) is 0. The summed E-state index contributed by atoms with van der Waals surface area (Å²) in [4.78, 5) is 37.4. The summed E-state index contributed by atoms with van der Waals surface area (Å²) in [6.45, 7) is 0. The molecule has 0 aliphatic rings. The molecule has 9 nitrogen and oxygen atoms in total. The SMILES string of the molecule is O=C(N/N=C\c1c(OC(=O)c2ccccc2)ccc2ccccc12)C(=O)Nc1nnc(-c2ccccc2)s1. The Morgan fingerprint density at radius 2 is 1.50 bits per heavy atom. The zero-order valence-corrected chi connectivity index (χ0v) is 20.5. The van der Waals surface area contributed by atoms with Gasteiger partial charge in [0.15, 0.2) is 0 Å². The molecule has 0 aliphatic carbocycles. The summed E-state index contributed by atoms with van der Waals surface area (Å²) in [6, 6.07) is 28.8. The Bertz CT molecular complexity index is 1650. The van der Waals surface area contributed by atoms with Gasteiger partial charge in [-0.05, 0) is 29.0 Å². The fraction of sp³-hybridized carbons (Fsp3) is 0. The van der Waals surface area contributed by atoms with Gasteiger partial charge in [-0.1, -0.05) is 90.2 Å². The van der Waals surface area contributed by atoms with Crippen LogP contribution in [0, 0.1) is 0 Å². The lowest BCUT2D eigenvalue weighted by Crippen LogP contribution is -2.32. The normalized spacial score (nSPS) is 10.8. The number of carbonyl (C=O) groups excluding carboxylic acids is 3. The molecule has 10 heteroatoms. The third kappa shape index (κ3) is 5.61. The van der Waals surface area contributed by atoms with Crippen LogP contribution in [0.15, 0.2) is 102 Å². The first-order valence-corrected chi connectivity index (χ1v) is 12.2. The molecule has 0 aliphatic heterocycles. The molecule has 5 rings (SSSR count). The fourth-order valence-electron chi connectivity index (χ4n) is 3.56. The standard InChI is InChI=1S/C28H19N5O4S/c34-24(30-28-33-32-26(38-28)19-10-3-1-4-11-19)25(35)31-29-17-22-21-14-8-7-9-18(21)15-16-23(22)37-27(36)20-12-5-2-6-13-20/h1-17H,(H,31,35)(H,30,33,34)/b29-17-. The van der Waals surface area contributed by atoms with Crippen molar-refractivity contribution < 1.29 is 19.1 Å². The molecule has 186 valence electrons. The largest absolute Gasteiger partial charge is 0.422 e. The van der Waals surface area contributed by atoms with E-state index >= 15 is 0 Å². The van der Waals surface area contributed by atoms with Crippen LogP contribution in [0.4, 0.5) is 5.13 Å². The topological polar surface area (TPSA) is 123 Å². The molecule has 0 saturated carbocycles. The van der Waals surface area contributed by atoms with E-state index in [4.69, 9.17) is 4.74 Å². The van der Waals surface area contributed by atoms with E-state index in [1.807, 2.05) is 60.7 Å². The molecule has 0 atom stereocenters. The summed E-state index contributed by atoms with van der Waals surface area (Å²) in [5.41, 5.74) is 3.90. The fourth-order valence-corrected chi connectivity index (χ4v) is 4.31. The number of anilines is 1. The van der Waals surface area contributed by atoms with Crippen LogP contribution in [0.2, 0.25) is 0 Å². The molecule has 2 N–H and O–H groups in total. The van der Waals surface area contributed by atoms with Crippen LogP contribution in [0.1, 0.15) is 15.9 Å². The molecule has 5 aromatic rings. The molecule has 0 saturated heterocycles. The summed E-state index contributed by atoms with van der Waals surface area (Å²) in [5, 5.41) is 16.7. The van der Waals surface area contributed by atoms with Crippen LogP contribution >= 0.6 is 11.3 Å². The van der Waals surface area contributed by atoms with Crippen LogP contribution in [-0.4, -0.2) is 34.2 Å². The highest BCUT2D eigenvalue weighted by molar-refractivity contribution is 7.18. The molecule has 38 heavy (non-hydrogen) atoms. The molecule has 1 aromatic heterocycles. The molecule has 4 aromatic carbocycles. The highest BCUT2D eigenvalue weighted by Gasteiger charge is 2.17. The Balaban J connectivity index is 1.30. The molecule has 0 bridgehead atoms. The average molecular weight is 522 g/mol. The Hall–Kier alpha value is -5.22. The van der Waals surface area contributed by atoms with Gasteiger partial charge in [0.2, 0.25) is 5.13 Å². The second-order valence-corrected chi connectivity index (χ2v) is 8.86. The lowest BCUT2D eigenvalue weighted by Gasteiger charge is -2.10. The third-order valence-corrected chi connectivity index (χ3v) is 6.26. The number of hydrogen-bond acceptors (Lipinski definition) is 8. The van der Waals surface area contributed by atoms with Gasteiger partial charge >= 0.3 is 17.8 Å². The molecule has 2 amide bonds. The van der Waals surface area contributed by atoms with Crippen molar-refractivity contribution in [1.29, 1.82) is 0 Å². The van der Waals surface area contributed by atoms with Crippen molar-refractivity contribution in [3.8, 4) is 16.3 Å². The van der Waals surface area contributed by atoms with Crippen molar-refractivity contribution in [2.45, 2.75) is 0 Å². The van der Waals surface area contributed by atoms with Gasteiger partial charge in [0.05, 0.1) is 11.8 Å². The molecule has 0 unspecified atom stereocenters. The van der Waals surface area contributed by atoms with Gasteiger partial charge < -0.3 is 4.74 Å². The molecule has 0 radical (unpaired) electrons. The predicted octanol–water partition coefficient (Wildman–Crippen LogP) is 4.67. The Morgan fingerprint density at radius 3 is 2.29 bits per heavy atom. The number of amides is 2. The number of esters is 1. The maximum atomic E-state index is 12.6. The summed E-state index contributed by atoms with van der Waals surface area (Å²) in [5.74, 6) is -2.24. The van der Waals surface area contributed by atoms with Crippen molar-refractivity contribution >= 4 is 51.2 Å². The van der Waals surface area contributed by atoms with Crippen LogP contribution in [0.25, 0.3) is 21.3 Å². The molecular formula is C28H19N5O4S. The number of aromatic nitrogens is 2. The smallest absolute Gasteiger partial charge is 0.343 e. The van der Waals surface area contributed by atoms with E-state index in [2.05, 4.69) is 26.0 Å². The van der Waals surface area contributed by atoms with Gasteiger partial charge in [0.1, 0.15) is 10.8 Å². The number of hydrazone groups is 1. The number of hydrogen-bond donors (Lipinski definition) is 2. The lowest BCUT2D eigenvalue weighted by molar-refractivity contribution is -0.136. The Kier molecular flexibility index (Phi) is 7.23. The van der Waals surface area contributed by atoms with E-state index < -0.39 is 17.8 Å². The maximum absolute atomic E-state index is 12.6. The van der Waals surface area contributed by atoms with E-state index in [1.165, 1.54) is 6.21 Å². The number of nitrogens with zero attached hydrogens (tertiary/aromatic N) is 3. The first-order chi connectivity index (χ1) is 18.6. The van der Waals surface area contributed by atoms with Crippen LogP contribution in [-0.2, 0) is 9.59 Å². The number of ether oxygens (including phenoxy) is 1. The number of rotatable bonds is 6. The van der Waals surface area contributed by atoms with Crippen molar-refractivity contribution in [3.05, 3.63) is 108 Å². The second-order valence-electron chi connectivity index (χ2n) is 7.89. The quantitative estimate of drug-likeness (QED) is 0.110. The monoisotopic (exact) mass is 521 g/mol. The predicted molar refractivity (Wildman–Crippen MR) is 145 cm³/mol. The van der Waals surface area contributed by atoms with E-state index in [-0.39, 0.29) is 10.9 Å². The Morgan fingerprint density at radius 1 is 0.789 bits per heavy atom. The van der Waals surface area contributed by atoms with Crippen molar-refractivity contribution in [2.75, 3.05) is 5.32 Å². The lowest BCUT2D eigenvalue weighted by atomic mass is 10.0. The van der Waals surface area contributed by atoms with E-state index in [0.29, 0.717) is 16.1 Å². The second kappa shape index (κ2) is 11.2. The number of benzene rings is 4. The minimum atomic E-state index is -0.999. The zero-order chi connectivity index (χ0) is 26.3. The summed E-state index contributed by atoms with van der Waals surface area (Å²) in [6.07, 6.45) is 1.33. The van der Waals surface area contributed by atoms with E-state index in [0.717, 1.165) is 27.7 Å². The molecule has 0 fully saturated rings. The number of nitrogens with one attached hydrogen (secondary N) is 2. The summed E-state index contributed by atoms with van der Waals surface area (Å²) < 4.78 is 5.63. The van der Waals surface area contributed by atoms with Crippen molar-refractivity contribution in [2.24, 2.45) is 5.10 Å². The maximum Gasteiger partial charge on any atom is 0.343 e. The van der Waals surface area contributed by atoms with Gasteiger partial charge in [0, 0.05) is 11.1 Å². The molecular weight excluding hydrogens is 502 g/mol.